The fraction of sp³-hybridized carbons (Fsp3) is 0.476. The molecule has 1 saturated carbocycles. The number of hydrogen-bond donors (Lipinski definition) is 2. The average Bonchev–Trinajstić information content (AvgIpc) is 2.99. The molecule has 4 rings (SSSR count). The molecule has 3 N–H and O–H groups in total. The minimum absolute atomic E-state index is 0.344. The number of rotatable bonds is 4. The Bertz CT molecular complexity index is 937. The van der Waals surface area contributed by atoms with Crippen LogP contribution < -0.4 is 11.1 Å². The van der Waals surface area contributed by atoms with Crippen LogP contribution in [0.3, 0.4) is 0 Å². The molecule has 1 aliphatic rings. The van der Waals surface area contributed by atoms with Crippen LogP contribution in [-0.2, 0) is 7.05 Å². The van der Waals surface area contributed by atoms with Gasteiger partial charge in [0.1, 0.15) is 0 Å². The molecule has 1 aliphatic carbocycles. The van der Waals surface area contributed by atoms with Gasteiger partial charge in [-0.2, -0.15) is 5.10 Å². The predicted molar refractivity (Wildman–Crippen MR) is 110 cm³/mol. The van der Waals surface area contributed by atoms with Crippen molar-refractivity contribution in [2.24, 2.45) is 12.8 Å². The molecule has 0 unspecified atom stereocenters. The van der Waals surface area contributed by atoms with Gasteiger partial charge in [0, 0.05) is 42.0 Å². The van der Waals surface area contributed by atoms with Gasteiger partial charge in [-0.25, -0.2) is 9.97 Å². The van der Waals surface area contributed by atoms with Crippen molar-refractivity contribution in [1.29, 1.82) is 0 Å². The smallest absolute Gasteiger partial charge is 0.223 e. The fourth-order valence-corrected chi connectivity index (χ4v) is 4.10. The minimum Gasteiger partial charge on any atom is -0.351 e. The van der Waals surface area contributed by atoms with Crippen LogP contribution in [0.15, 0.2) is 30.5 Å². The molecule has 0 radical (unpaired) electrons. The molecule has 1 fully saturated rings. The van der Waals surface area contributed by atoms with E-state index in [0.717, 1.165) is 42.5 Å². The van der Waals surface area contributed by atoms with Crippen LogP contribution in [-0.4, -0.2) is 31.8 Å². The maximum Gasteiger partial charge on any atom is 0.223 e. The summed E-state index contributed by atoms with van der Waals surface area (Å²) in [5.41, 5.74) is 10.3. The van der Waals surface area contributed by atoms with Gasteiger partial charge >= 0.3 is 0 Å². The average molecular weight is 364 g/mol. The van der Waals surface area contributed by atoms with Crippen LogP contribution in [0, 0.1) is 0 Å². The maximum atomic E-state index is 6.01. The second-order valence-corrected chi connectivity index (χ2v) is 7.92. The first-order valence-corrected chi connectivity index (χ1v) is 9.83. The highest BCUT2D eigenvalue weighted by Gasteiger charge is 2.19. The van der Waals surface area contributed by atoms with E-state index in [4.69, 9.17) is 10.7 Å². The quantitative estimate of drug-likeness (QED) is 0.735. The first-order valence-electron chi connectivity index (χ1n) is 9.83. The number of aryl methyl sites for hydroxylation is 1. The number of hydrogen-bond acceptors (Lipinski definition) is 5. The molecule has 1 aromatic carbocycles. The standard InChI is InChI=1S/C21H28N6/c1-13(2)20-17-12-14(4-9-19(17)26-27(20)3)18-10-11-23-21(25-18)24-16-7-5-15(22)6-8-16/h4,9-13,15-16H,5-8,22H2,1-3H3,(H,23,24,25). The third kappa shape index (κ3) is 3.67. The molecule has 0 saturated heterocycles. The monoisotopic (exact) mass is 364 g/mol. The van der Waals surface area contributed by atoms with Gasteiger partial charge in [0.15, 0.2) is 0 Å². The second-order valence-electron chi connectivity index (χ2n) is 7.92. The summed E-state index contributed by atoms with van der Waals surface area (Å²) >= 11 is 0. The second kappa shape index (κ2) is 7.27. The number of nitrogens with one attached hydrogen (secondary N) is 1. The highest BCUT2D eigenvalue weighted by molar-refractivity contribution is 5.86. The SMILES string of the molecule is CC(C)c1c2cc(-c3ccnc(NC4CCC(N)CC4)n3)ccc2nn1C. The van der Waals surface area contributed by atoms with Crippen molar-refractivity contribution in [2.45, 2.75) is 57.5 Å². The number of benzene rings is 1. The Labute approximate surface area is 160 Å². The third-order valence-corrected chi connectivity index (χ3v) is 5.48. The Morgan fingerprint density at radius 3 is 2.67 bits per heavy atom. The molecular formula is C21H28N6. The van der Waals surface area contributed by atoms with Gasteiger partial charge in [0.25, 0.3) is 0 Å². The molecule has 0 aliphatic heterocycles. The summed E-state index contributed by atoms with van der Waals surface area (Å²) in [5.74, 6) is 1.11. The highest BCUT2D eigenvalue weighted by Crippen LogP contribution is 2.29. The van der Waals surface area contributed by atoms with Crippen molar-refractivity contribution >= 4 is 16.9 Å². The zero-order chi connectivity index (χ0) is 19.0. The predicted octanol–water partition coefficient (Wildman–Crippen LogP) is 3.84. The van der Waals surface area contributed by atoms with E-state index in [9.17, 15) is 0 Å². The van der Waals surface area contributed by atoms with Gasteiger partial charge in [-0.1, -0.05) is 19.9 Å². The topological polar surface area (TPSA) is 81.7 Å². The van der Waals surface area contributed by atoms with Crippen LogP contribution in [0.25, 0.3) is 22.2 Å². The first kappa shape index (κ1) is 17.9. The van der Waals surface area contributed by atoms with Crippen LogP contribution in [0.4, 0.5) is 5.95 Å². The summed E-state index contributed by atoms with van der Waals surface area (Å²) in [6.45, 7) is 4.40. The lowest BCUT2D eigenvalue weighted by Crippen LogP contribution is -2.33. The number of nitrogens with zero attached hydrogens (tertiary/aromatic N) is 4. The molecule has 0 bridgehead atoms. The lowest BCUT2D eigenvalue weighted by atomic mass is 9.92. The summed E-state index contributed by atoms with van der Waals surface area (Å²) in [5, 5.41) is 9.31. The van der Waals surface area contributed by atoms with Crippen molar-refractivity contribution in [1.82, 2.24) is 19.7 Å². The van der Waals surface area contributed by atoms with Crippen LogP contribution >= 0.6 is 0 Å². The molecule has 27 heavy (non-hydrogen) atoms. The van der Waals surface area contributed by atoms with E-state index in [-0.39, 0.29) is 0 Å². The third-order valence-electron chi connectivity index (χ3n) is 5.48. The Kier molecular flexibility index (Phi) is 4.83. The van der Waals surface area contributed by atoms with E-state index in [0.29, 0.717) is 23.9 Å². The van der Waals surface area contributed by atoms with E-state index in [1.54, 1.807) is 0 Å². The zero-order valence-electron chi connectivity index (χ0n) is 16.3. The fourth-order valence-electron chi connectivity index (χ4n) is 4.10. The van der Waals surface area contributed by atoms with Crippen molar-refractivity contribution in [3.63, 3.8) is 0 Å². The maximum absolute atomic E-state index is 6.01. The number of aromatic nitrogens is 4. The summed E-state index contributed by atoms with van der Waals surface area (Å²) in [4.78, 5) is 9.18. The van der Waals surface area contributed by atoms with E-state index in [2.05, 4.69) is 47.4 Å². The molecule has 6 heteroatoms. The molecule has 0 amide bonds. The van der Waals surface area contributed by atoms with E-state index in [1.807, 2.05) is 24.0 Å². The van der Waals surface area contributed by atoms with Gasteiger partial charge < -0.3 is 11.1 Å². The molecule has 3 aromatic rings. The lowest BCUT2D eigenvalue weighted by Gasteiger charge is -2.26. The molecule has 2 aromatic heterocycles. The van der Waals surface area contributed by atoms with Crippen molar-refractivity contribution in [3.05, 3.63) is 36.2 Å². The van der Waals surface area contributed by atoms with Gasteiger partial charge in [-0.15, -0.1) is 0 Å². The normalized spacial score (nSPS) is 20.3. The molecule has 2 heterocycles. The van der Waals surface area contributed by atoms with E-state index < -0.39 is 0 Å². The van der Waals surface area contributed by atoms with Crippen molar-refractivity contribution < 1.29 is 0 Å². The minimum atomic E-state index is 0.344. The van der Waals surface area contributed by atoms with E-state index >= 15 is 0 Å². The highest BCUT2D eigenvalue weighted by atomic mass is 15.3. The van der Waals surface area contributed by atoms with Crippen molar-refractivity contribution in [2.75, 3.05) is 5.32 Å². The Morgan fingerprint density at radius 1 is 1.15 bits per heavy atom. The molecule has 0 spiro atoms. The van der Waals surface area contributed by atoms with Crippen molar-refractivity contribution in [3.8, 4) is 11.3 Å². The van der Waals surface area contributed by atoms with E-state index in [1.165, 1.54) is 11.1 Å². The zero-order valence-corrected chi connectivity index (χ0v) is 16.3. The Morgan fingerprint density at radius 2 is 1.93 bits per heavy atom. The lowest BCUT2D eigenvalue weighted by molar-refractivity contribution is 0.410. The van der Waals surface area contributed by atoms with Gasteiger partial charge in [-0.3, -0.25) is 4.68 Å². The molecule has 0 atom stereocenters. The molecule has 6 nitrogen and oxygen atoms in total. The number of fused-ring (bicyclic) bond motifs is 1. The summed E-state index contributed by atoms with van der Waals surface area (Å²) in [6, 6.07) is 9.09. The largest absolute Gasteiger partial charge is 0.351 e. The number of nitrogens with two attached hydrogens (primary N) is 1. The molecular weight excluding hydrogens is 336 g/mol. The number of anilines is 1. The van der Waals surface area contributed by atoms with Crippen LogP contribution in [0.2, 0.25) is 0 Å². The Hall–Kier alpha value is -2.47. The first-order chi connectivity index (χ1) is 13.0. The summed E-state index contributed by atoms with van der Waals surface area (Å²) in [6.07, 6.45) is 6.11. The Balaban J connectivity index is 1.62. The van der Waals surface area contributed by atoms with Gasteiger partial charge in [-0.05, 0) is 49.8 Å². The summed E-state index contributed by atoms with van der Waals surface area (Å²) < 4.78 is 1.99. The summed E-state index contributed by atoms with van der Waals surface area (Å²) in [7, 11) is 2.01. The van der Waals surface area contributed by atoms with Gasteiger partial charge in [0.05, 0.1) is 11.2 Å². The van der Waals surface area contributed by atoms with Crippen LogP contribution in [0.1, 0.15) is 51.1 Å². The van der Waals surface area contributed by atoms with Crippen LogP contribution in [0.5, 0.6) is 0 Å². The van der Waals surface area contributed by atoms with Gasteiger partial charge in [0.2, 0.25) is 5.95 Å². The molecule has 142 valence electrons.